The Balaban J connectivity index is 0.000000252. The number of carboxylic acid groups (broad SMARTS) is 1. The number of esters is 2. The minimum absolute atomic E-state index is 0. The third-order valence-corrected chi connectivity index (χ3v) is 14.2. The molecule has 8 aromatic rings. The molecule has 93 heavy (non-hydrogen) atoms. The van der Waals surface area contributed by atoms with E-state index >= 15 is 0 Å². The molecule has 0 spiro atoms. The summed E-state index contributed by atoms with van der Waals surface area (Å²) in [6.45, 7) is 8.36. The molecule has 2 aliphatic heterocycles. The van der Waals surface area contributed by atoms with Crippen molar-refractivity contribution >= 4 is 77.4 Å². The molecule has 2 aliphatic rings. The van der Waals surface area contributed by atoms with Crippen molar-refractivity contribution < 1.29 is 110 Å². The number of aldehydes is 1. The van der Waals surface area contributed by atoms with E-state index in [4.69, 9.17) is 28.8 Å². The number of halogens is 2. The van der Waals surface area contributed by atoms with Crippen LogP contribution >= 0.6 is 0 Å². The van der Waals surface area contributed by atoms with Gasteiger partial charge in [-0.25, -0.2) is 8.78 Å². The molecule has 2 radical (unpaired) electrons. The van der Waals surface area contributed by atoms with Gasteiger partial charge in [-0.1, -0.05) is 12.1 Å². The van der Waals surface area contributed by atoms with E-state index in [9.17, 15) is 42.3 Å². The molecule has 29 heteroatoms. The Labute approximate surface area is 557 Å². The number of likely N-dealkylation sites (tertiary alicyclic amines) is 1. The number of nitrogens with one attached hydrogen (secondary N) is 5. The van der Waals surface area contributed by atoms with Gasteiger partial charge in [-0.3, -0.25) is 63.4 Å². The van der Waals surface area contributed by atoms with E-state index in [1.165, 1.54) is 66.6 Å². The van der Waals surface area contributed by atoms with Crippen LogP contribution in [-0.2, 0) is 49.3 Å². The molecule has 2 saturated heterocycles. The zero-order chi connectivity index (χ0) is 67.0. The average molecular weight is 1290 g/mol. The van der Waals surface area contributed by atoms with Gasteiger partial charge in [0.2, 0.25) is 0 Å². The number of piperidine rings is 2. The molecule has 2 fully saturated rings. The number of aromatic nitrogens is 6. The molecule has 0 unspecified atom stereocenters. The number of carboxylic acids is 1. The van der Waals surface area contributed by atoms with Gasteiger partial charge in [0.05, 0.1) is 45.0 Å². The van der Waals surface area contributed by atoms with Crippen molar-refractivity contribution in [2.45, 2.75) is 91.0 Å². The predicted molar refractivity (Wildman–Crippen MR) is 333 cm³/mol. The summed E-state index contributed by atoms with van der Waals surface area (Å²) in [5, 5.41) is 33.3. The van der Waals surface area contributed by atoms with Crippen LogP contribution < -0.4 is 55.0 Å². The fourth-order valence-electron chi connectivity index (χ4n) is 9.79. The molecule has 484 valence electrons. The zero-order valence-corrected chi connectivity index (χ0v) is 55.0. The molecule has 0 saturated carbocycles. The largest absolute Gasteiger partial charge is 1.00 e. The number of hydrogen-bond acceptors (Lipinski definition) is 20. The molecule has 6 N–H and O–H groups in total. The van der Waals surface area contributed by atoms with Crippen LogP contribution in [-0.4, -0.2) is 162 Å². The molecule has 25 nitrogen and oxygen atoms in total. The number of ether oxygens (including phenoxy) is 4. The summed E-state index contributed by atoms with van der Waals surface area (Å²) in [6, 6.07) is 26.3. The van der Waals surface area contributed by atoms with Gasteiger partial charge in [0.15, 0.2) is 6.29 Å². The number of aliphatic carboxylic acids is 1. The third kappa shape index (κ3) is 21.6. The smallest absolute Gasteiger partial charge is 0.702 e. The Morgan fingerprint density at radius 3 is 1.60 bits per heavy atom. The van der Waals surface area contributed by atoms with Gasteiger partial charge < -0.3 is 49.3 Å². The number of rotatable bonds is 15. The number of nitrogens with zero attached hydrogens (tertiary/aromatic N) is 5. The first-order valence-corrected chi connectivity index (χ1v) is 28.6. The number of fused-ring (bicyclic) bond motifs is 2. The monoisotopic (exact) mass is 1290 g/mol. The molecule has 0 aliphatic carbocycles. The summed E-state index contributed by atoms with van der Waals surface area (Å²) in [5.41, 5.74) is 8.24. The van der Waals surface area contributed by atoms with E-state index in [1.807, 2.05) is 67.3 Å². The Morgan fingerprint density at radius 2 is 1.15 bits per heavy atom. The quantitative estimate of drug-likeness (QED) is 0.0472. The summed E-state index contributed by atoms with van der Waals surface area (Å²) in [7, 11) is 6.29. The summed E-state index contributed by atoms with van der Waals surface area (Å²) >= 11 is 0. The molecule has 2 amide bonds. The van der Waals surface area contributed by atoms with E-state index in [2.05, 4.69) is 55.6 Å². The van der Waals surface area contributed by atoms with Gasteiger partial charge in [-0.15, -0.1) is 0 Å². The topological polar surface area (TPSA) is 335 Å². The fourth-order valence-corrected chi connectivity index (χ4v) is 9.79. The summed E-state index contributed by atoms with van der Waals surface area (Å²) in [4.78, 5) is 99.8. The van der Waals surface area contributed by atoms with Gasteiger partial charge in [-0.2, -0.15) is 10.2 Å². The number of aryl methyl sites for hydroxylation is 2. The number of carbonyl (C=O) groups excluding carboxylic acids is 7. The summed E-state index contributed by atoms with van der Waals surface area (Å²) in [6.07, 6.45) is 6.30. The molecule has 10 rings (SSSR count). The Bertz CT molecular complexity index is 3890. The van der Waals surface area contributed by atoms with Crippen molar-refractivity contribution in [2.75, 3.05) is 41.5 Å². The molecular formula is C64H70BF2N10NaO15. The Morgan fingerprint density at radius 1 is 0.656 bits per heavy atom. The average Bonchev–Trinajstić information content (AvgIpc) is 1.73. The second-order valence-electron chi connectivity index (χ2n) is 20.7. The maximum absolute atomic E-state index is 14.7. The van der Waals surface area contributed by atoms with E-state index < -0.39 is 35.6 Å². The number of benzene rings is 4. The van der Waals surface area contributed by atoms with E-state index in [0.717, 1.165) is 62.6 Å². The number of methoxy groups -OCH3 is 4. The van der Waals surface area contributed by atoms with Crippen molar-refractivity contribution in [3.8, 4) is 34.0 Å². The zero-order valence-electron chi connectivity index (χ0n) is 53.0. The minimum Gasteiger partial charge on any atom is -0.702 e. The van der Waals surface area contributed by atoms with Crippen LogP contribution in [0.1, 0.15) is 94.5 Å². The van der Waals surface area contributed by atoms with Crippen molar-refractivity contribution in [3.05, 3.63) is 155 Å². The second kappa shape index (κ2) is 36.5. The van der Waals surface area contributed by atoms with Crippen molar-refractivity contribution in [1.82, 2.24) is 51.2 Å². The van der Waals surface area contributed by atoms with Gasteiger partial charge in [0, 0.05) is 115 Å². The van der Waals surface area contributed by atoms with Crippen LogP contribution in [0.25, 0.3) is 44.3 Å². The van der Waals surface area contributed by atoms with Crippen LogP contribution in [0.5, 0.6) is 11.5 Å². The maximum Gasteiger partial charge on any atom is 1.00 e. The van der Waals surface area contributed by atoms with E-state index in [0.29, 0.717) is 75.2 Å². The van der Waals surface area contributed by atoms with Gasteiger partial charge in [0.1, 0.15) is 54.3 Å². The first-order valence-electron chi connectivity index (χ1n) is 28.6. The normalized spacial score (nSPS) is 15.5. The number of H-pyrrole nitrogens is 2. The Kier molecular flexibility index (Phi) is 29.2. The van der Waals surface area contributed by atoms with Crippen LogP contribution in [0.4, 0.5) is 8.78 Å². The number of pyridine rings is 2. The van der Waals surface area contributed by atoms with E-state index in [-0.39, 0.29) is 89.3 Å². The first-order chi connectivity index (χ1) is 44.1. The summed E-state index contributed by atoms with van der Waals surface area (Å²) < 4.78 is 55.6. The van der Waals surface area contributed by atoms with Gasteiger partial charge in [-0.05, 0) is 124 Å². The van der Waals surface area contributed by atoms with Crippen LogP contribution in [0.2, 0.25) is 0 Å². The maximum atomic E-state index is 14.7. The minimum atomic E-state index is -0.833. The standard InChI is InChI=1S/C29H30FN5O4.C21H23N5O3.C8H7FO2.C4H6BO4.C2H4O2.Na/c1-17-13-18(11-12-31-17)27-21-14-19(7-9-24(21)33-34-27)28(36)32-20-8-10-25(29(37)39-3)35(15-20)16-22-23(30)5-4-6-26(22)38-2;1-12-9-13(7-8-22-12)19-16-10-14(3-5-17(16)25-26-19)20(27)24-15-4-6-18(23-11-15)21(28)29-2;1-11-8-4-2-3-7(9)6(8)5-10;1-3(6)8-5-9-4(2)7;1-2(3)4;/h4-7,9,11-14,20,25H,8,10,15-16H2,1-3H3,(H,32,36)(H,33,34);3,5,7-10,15,18,23H,4,6,11H2,1-2H3,(H,24,27)(H,25,26);2-5H,1H3;1-2H3;1H3,(H,3,4);/q;;;-1;;+1/t20-,25+;15-,18+;;;;/m11..../s1. The van der Waals surface area contributed by atoms with E-state index in [1.54, 1.807) is 36.7 Å². The van der Waals surface area contributed by atoms with Crippen LogP contribution in [0, 0.1) is 25.5 Å². The second-order valence-corrected chi connectivity index (χ2v) is 20.7. The van der Waals surface area contributed by atoms with Crippen molar-refractivity contribution in [1.29, 1.82) is 0 Å². The summed E-state index contributed by atoms with van der Waals surface area (Å²) in [5.74, 6) is -3.21. The van der Waals surface area contributed by atoms with Gasteiger partial charge >= 0.3 is 41.5 Å². The first kappa shape index (κ1) is 74.3. The third-order valence-electron chi connectivity index (χ3n) is 14.2. The molecule has 4 atom stereocenters. The predicted octanol–water partition coefficient (Wildman–Crippen LogP) is 4.36. The number of hydrogen-bond donors (Lipinski definition) is 6. The molecule has 4 aromatic heterocycles. The van der Waals surface area contributed by atoms with Crippen molar-refractivity contribution in [2.24, 2.45) is 0 Å². The van der Waals surface area contributed by atoms with Crippen LogP contribution in [0.15, 0.2) is 109 Å². The number of amides is 2. The van der Waals surface area contributed by atoms with Crippen molar-refractivity contribution in [3.63, 3.8) is 0 Å². The SMILES string of the molecule is CC(=O)O.CC(=O)O[B-]OC(C)=O.COC(=O)[C@@H]1CC[C@@H](NC(=O)c2ccc3[nH]nc(-c4ccnc(C)c4)c3c2)CN1.COC(=O)[C@@H]1CC[C@@H](NC(=O)c2ccc3[nH]nc(-c4ccnc(C)c4)c3c2)CN1Cc1c(F)cccc1OC.COc1cccc(F)c1C=O.[Na+]. The molecule has 6 heterocycles. The van der Waals surface area contributed by atoms with Gasteiger partial charge in [0.25, 0.3) is 29.7 Å². The fraction of sp³-hybridized carbons (Fsp3) is 0.312. The molecule has 0 bridgehead atoms. The number of aromatic amines is 2. The van der Waals surface area contributed by atoms with Crippen LogP contribution in [0.3, 0.4) is 0 Å². The molecular weight excluding hydrogens is 1220 g/mol. The number of carbonyl (C=O) groups is 8. The molecule has 4 aromatic carbocycles. The Hall–Kier alpha value is -9.48.